The van der Waals surface area contributed by atoms with E-state index >= 15 is 0 Å². The number of halogens is 3. The molecular weight excluding hydrogens is 512 g/mol. The van der Waals surface area contributed by atoms with E-state index < -0.39 is 11.6 Å². The molecule has 2 atom stereocenters. The zero-order chi connectivity index (χ0) is 26.8. The predicted molar refractivity (Wildman–Crippen MR) is 142 cm³/mol. The third kappa shape index (κ3) is 5.55. The van der Waals surface area contributed by atoms with Crippen molar-refractivity contribution in [3.63, 3.8) is 0 Å². The SMILES string of the molecule is Cc1ncn(-c2ccc(N)cc2OCCCC(C)Nc2nc(Cl)nc3c2CCC3c2ccc(F)cc2F)n1. The topological polar surface area (TPSA) is 104 Å². The number of hydrogen-bond donors (Lipinski definition) is 2. The smallest absolute Gasteiger partial charge is 0.224 e. The molecule has 0 amide bonds. The molecule has 11 heteroatoms. The summed E-state index contributed by atoms with van der Waals surface area (Å²) in [5.74, 6) is 0.469. The van der Waals surface area contributed by atoms with E-state index in [0.717, 1.165) is 30.2 Å². The quantitative estimate of drug-likeness (QED) is 0.162. The number of nitrogen functional groups attached to an aromatic ring is 1. The maximum absolute atomic E-state index is 14.5. The average Bonchev–Trinajstić information content (AvgIpc) is 3.48. The molecule has 2 heterocycles. The van der Waals surface area contributed by atoms with Gasteiger partial charge in [-0.25, -0.2) is 28.4 Å². The molecule has 38 heavy (non-hydrogen) atoms. The van der Waals surface area contributed by atoms with E-state index in [0.29, 0.717) is 53.8 Å². The first-order valence-corrected chi connectivity index (χ1v) is 12.8. The monoisotopic (exact) mass is 539 g/mol. The van der Waals surface area contributed by atoms with Crippen LogP contribution in [0.3, 0.4) is 0 Å². The molecule has 198 valence electrons. The molecular formula is C27H28ClF2N7O. The van der Waals surface area contributed by atoms with Crippen LogP contribution in [-0.2, 0) is 6.42 Å². The molecule has 4 aromatic rings. The number of fused-ring (bicyclic) bond motifs is 1. The van der Waals surface area contributed by atoms with Gasteiger partial charge in [-0.1, -0.05) is 6.07 Å². The van der Waals surface area contributed by atoms with Crippen molar-refractivity contribution in [2.45, 2.75) is 51.5 Å². The first-order valence-electron chi connectivity index (χ1n) is 12.5. The van der Waals surface area contributed by atoms with Crippen molar-refractivity contribution in [2.75, 3.05) is 17.7 Å². The van der Waals surface area contributed by atoms with Crippen LogP contribution in [0.25, 0.3) is 5.69 Å². The van der Waals surface area contributed by atoms with E-state index in [4.69, 9.17) is 22.1 Å². The molecule has 0 spiro atoms. The minimum atomic E-state index is -0.606. The lowest BCUT2D eigenvalue weighted by Gasteiger charge is -2.18. The van der Waals surface area contributed by atoms with Gasteiger partial charge in [0, 0.05) is 35.3 Å². The first kappa shape index (κ1) is 25.8. The summed E-state index contributed by atoms with van der Waals surface area (Å²) in [7, 11) is 0. The maximum Gasteiger partial charge on any atom is 0.224 e. The summed E-state index contributed by atoms with van der Waals surface area (Å²) in [4.78, 5) is 13.0. The van der Waals surface area contributed by atoms with E-state index in [9.17, 15) is 8.78 Å². The Morgan fingerprint density at radius 2 is 2.05 bits per heavy atom. The molecule has 2 aromatic carbocycles. The van der Waals surface area contributed by atoms with Crippen molar-refractivity contribution in [2.24, 2.45) is 0 Å². The van der Waals surface area contributed by atoms with Crippen molar-refractivity contribution in [1.82, 2.24) is 24.7 Å². The Kier molecular flexibility index (Phi) is 7.42. The molecule has 0 fully saturated rings. The lowest BCUT2D eigenvalue weighted by molar-refractivity contribution is 0.303. The molecule has 5 rings (SSSR count). The van der Waals surface area contributed by atoms with Crippen LogP contribution in [0.5, 0.6) is 5.75 Å². The highest BCUT2D eigenvalue weighted by molar-refractivity contribution is 6.28. The van der Waals surface area contributed by atoms with Gasteiger partial charge in [-0.2, -0.15) is 5.10 Å². The van der Waals surface area contributed by atoms with Crippen molar-refractivity contribution >= 4 is 23.1 Å². The summed E-state index contributed by atoms with van der Waals surface area (Å²) in [6.07, 6.45) is 4.53. The van der Waals surface area contributed by atoms with E-state index in [-0.39, 0.29) is 17.2 Å². The fraction of sp³-hybridized carbons (Fsp3) is 0.333. The van der Waals surface area contributed by atoms with Crippen molar-refractivity contribution < 1.29 is 13.5 Å². The van der Waals surface area contributed by atoms with Crippen molar-refractivity contribution in [3.8, 4) is 11.4 Å². The minimum Gasteiger partial charge on any atom is -0.491 e. The van der Waals surface area contributed by atoms with Gasteiger partial charge in [-0.15, -0.1) is 0 Å². The van der Waals surface area contributed by atoms with Gasteiger partial charge in [0.15, 0.2) is 0 Å². The number of nitrogens with two attached hydrogens (primary N) is 1. The van der Waals surface area contributed by atoms with Crippen molar-refractivity contribution in [1.29, 1.82) is 0 Å². The van der Waals surface area contributed by atoms with Gasteiger partial charge in [0.1, 0.15) is 41.0 Å². The molecule has 3 N–H and O–H groups in total. The van der Waals surface area contributed by atoms with Crippen LogP contribution in [-0.4, -0.2) is 37.4 Å². The largest absolute Gasteiger partial charge is 0.491 e. The van der Waals surface area contributed by atoms with Gasteiger partial charge in [0.2, 0.25) is 5.28 Å². The van der Waals surface area contributed by atoms with E-state index in [2.05, 4.69) is 32.3 Å². The average molecular weight is 540 g/mol. The van der Waals surface area contributed by atoms with Crippen LogP contribution in [0.15, 0.2) is 42.7 Å². The molecule has 0 saturated carbocycles. The number of aromatic nitrogens is 5. The second-order valence-corrected chi connectivity index (χ2v) is 9.80. The molecule has 0 radical (unpaired) electrons. The maximum atomic E-state index is 14.5. The van der Waals surface area contributed by atoms with Gasteiger partial charge in [-0.3, -0.25) is 0 Å². The summed E-state index contributed by atoms with van der Waals surface area (Å²) < 4.78 is 35.6. The molecule has 0 bridgehead atoms. The van der Waals surface area contributed by atoms with Crippen LogP contribution in [0, 0.1) is 18.6 Å². The number of aryl methyl sites for hydroxylation is 1. The van der Waals surface area contributed by atoms with E-state index in [1.807, 2.05) is 13.0 Å². The highest BCUT2D eigenvalue weighted by atomic mass is 35.5. The molecule has 0 aliphatic heterocycles. The van der Waals surface area contributed by atoms with Gasteiger partial charge >= 0.3 is 0 Å². The van der Waals surface area contributed by atoms with Gasteiger partial charge < -0.3 is 15.8 Å². The normalized spacial score (nSPS) is 15.3. The Morgan fingerprint density at radius 1 is 1.21 bits per heavy atom. The van der Waals surface area contributed by atoms with Gasteiger partial charge in [0.25, 0.3) is 0 Å². The van der Waals surface area contributed by atoms with Crippen molar-refractivity contribution in [3.05, 3.63) is 82.3 Å². The third-order valence-corrected chi connectivity index (χ3v) is 6.79. The number of nitrogens with zero attached hydrogens (tertiary/aromatic N) is 5. The summed E-state index contributed by atoms with van der Waals surface area (Å²) in [6.45, 7) is 4.35. The Balaban J connectivity index is 1.22. The minimum absolute atomic E-state index is 0.0635. The highest BCUT2D eigenvalue weighted by Gasteiger charge is 2.31. The van der Waals surface area contributed by atoms with E-state index in [1.165, 1.54) is 12.1 Å². The Morgan fingerprint density at radius 3 is 2.82 bits per heavy atom. The number of benzene rings is 2. The van der Waals surface area contributed by atoms with Crippen LogP contribution < -0.4 is 15.8 Å². The number of hydrogen-bond acceptors (Lipinski definition) is 7. The zero-order valence-electron chi connectivity index (χ0n) is 21.1. The predicted octanol–water partition coefficient (Wildman–Crippen LogP) is 5.62. The van der Waals surface area contributed by atoms with Gasteiger partial charge in [-0.05, 0) is 74.9 Å². The molecule has 0 saturated heterocycles. The number of ether oxygens (including phenoxy) is 1. The standard InChI is InChI=1S/C27H28ClF2N7O/c1-15(4-3-11-38-24-13-18(31)6-10-23(24)37-14-32-16(2)36-37)33-26-21-9-8-20(25(21)34-27(28)35-26)19-7-5-17(29)12-22(19)30/h5-7,10,12-15,20H,3-4,8-9,11,31H2,1-2H3,(H,33,34,35). The van der Waals surface area contributed by atoms with Crippen LogP contribution in [0.1, 0.15) is 54.7 Å². The second kappa shape index (κ2) is 10.9. The molecule has 8 nitrogen and oxygen atoms in total. The lowest BCUT2D eigenvalue weighted by Crippen LogP contribution is -2.19. The summed E-state index contributed by atoms with van der Waals surface area (Å²) in [5, 5.41) is 7.89. The summed E-state index contributed by atoms with van der Waals surface area (Å²) >= 11 is 6.25. The summed E-state index contributed by atoms with van der Waals surface area (Å²) in [5.41, 5.74) is 9.36. The van der Waals surface area contributed by atoms with Crippen LogP contribution in [0.4, 0.5) is 20.3 Å². The molecule has 1 aliphatic rings. The fourth-order valence-corrected chi connectivity index (χ4v) is 4.99. The van der Waals surface area contributed by atoms with E-state index in [1.54, 1.807) is 23.1 Å². The summed E-state index contributed by atoms with van der Waals surface area (Å²) in [6, 6.07) is 9.14. The van der Waals surface area contributed by atoms with Gasteiger partial charge in [0.05, 0.1) is 12.3 Å². The zero-order valence-corrected chi connectivity index (χ0v) is 21.8. The Labute approximate surface area is 224 Å². The fourth-order valence-electron chi connectivity index (χ4n) is 4.81. The molecule has 2 unspecified atom stereocenters. The Hall–Kier alpha value is -3.79. The number of anilines is 2. The lowest BCUT2D eigenvalue weighted by atomic mass is 9.96. The Bertz CT molecular complexity index is 1460. The number of nitrogens with one attached hydrogen (secondary N) is 1. The first-order chi connectivity index (χ1) is 18.3. The third-order valence-electron chi connectivity index (χ3n) is 6.62. The van der Waals surface area contributed by atoms with Crippen LogP contribution >= 0.6 is 11.6 Å². The highest BCUT2D eigenvalue weighted by Crippen LogP contribution is 2.41. The van der Waals surface area contributed by atoms with Crippen LogP contribution in [0.2, 0.25) is 5.28 Å². The molecule has 2 aromatic heterocycles. The molecule has 1 aliphatic carbocycles. The second-order valence-electron chi connectivity index (χ2n) is 9.46. The number of rotatable bonds is 9.